The molecule has 0 radical (unpaired) electrons. The van der Waals surface area contributed by atoms with Crippen LogP contribution in [0.25, 0.3) is 0 Å². The van der Waals surface area contributed by atoms with Crippen molar-refractivity contribution >= 4 is 23.2 Å². The third-order valence-corrected chi connectivity index (χ3v) is 6.27. The molecule has 1 amide bonds. The summed E-state index contributed by atoms with van der Waals surface area (Å²) in [5.41, 5.74) is 1.34. The Bertz CT molecular complexity index is 555. The Morgan fingerprint density at radius 3 is 2.64 bits per heavy atom. The van der Waals surface area contributed by atoms with Crippen LogP contribution in [0.1, 0.15) is 59.1 Å². The molecule has 1 N–H and O–H groups in total. The minimum Gasteiger partial charge on any atom is -0.481 e. The van der Waals surface area contributed by atoms with Crippen molar-refractivity contribution in [2.45, 2.75) is 57.9 Å². The first-order valence-electron chi connectivity index (χ1n) is 8.23. The van der Waals surface area contributed by atoms with Crippen molar-refractivity contribution in [1.29, 1.82) is 0 Å². The molecule has 0 saturated carbocycles. The van der Waals surface area contributed by atoms with Crippen LogP contribution in [0.4, 0.5) is 0 Å². The molecule has 5 heteroatoms. The number of aryl methyl sites for hydroxylation is 2. The Kier molecular flexibility index (Phi) is 4.52. The van der Waals surface area contributed by atoms with Crippen molar-refractivity contribution in [1.82, 2.24) is 4.90 Å². The molecule has 120 valence electrons. The molecule has 0 aromatic carbocycles. The van der Waals surface area contributed by atoms with Crippen molar-refractivity contribution in [2.75, 3.05) is 6.54 Å². The summed E-state index contributed by atoms with van der Waals surface area (Å²) in [4.78, 5) is 27.9. The molecule has 1 aliphatic carbocycles. The number of hydrogen-bond acceptors (Lipinski definition) is 3. The lowest BCUT2D eigenvalue weighted by molar-refractivity contribution is -0.142. The van der Waals surface area contributed by atoms with Crippen molar-refractivity contribution < 1.29 is 14.7 Å². The van der Waals surface area contributed by atoms with Gasteiger partial charge in [-0.2, -0.15) is 0 Å². The third-order valence-electron chi connectivity index (χ3n) is 5.04. The highest BCUT2D eigenvalue weighted by molar-refractivity contribution is 7.14. The number of amides is 1. The van der Waals surface area contributed by atoms with Gasteiger partial charge in [0.05, 0.1) is 10.8 Å². The molecule has 1 saturated heterocycles. The van der Waals surface area contributed by atoms with Gasteiger partial charge in [0.1, 0.15) is 0 Å². The van der Waals surface area contributed by atoms with Crippen LogP contribution in [0.2, 0.25) is 0 Å². The number of carbonyl (C=O) groups is 2. The van der Waals surface area contributed by atoms with E-state index in [1.165, 1.54) is 36.1 Å². The van der Waals surface area contributed by atoms with E-state index in [1.807, 2.05) is 6.92 Å². The number of carboxylic acid groups (broad SMARTS) is 1. The van der Waals surface area contributed by atoms with Gasteiger partial charge in [-0.3, -0.25) is 9.59 Å². The second kappa shape index (κ2) is 6.41. The highest BCUT2D eigenvalue weighted by atomic mass is 32.1. The van der Waals surface area contributed by atoms with Gasteiger partial charge in [0, 0.05) is 17.5 Å². The highest BCUT2D eigenvalue weighted by Crippen LogP contribution is 2.32. The van der Waals surface area contributed by atoms with Gasteiger partial charge in [0.15, 0.2) is 0 Å². The Morgan fingerprint density at radius 1 is 1.23 bits per heavy atom. The molecule has 3 rings (SSSR count). The van der Waals surface area contributed by atoms with E-state index in [1.54, 1.807) is 16.2 Å². The van der Waals surface area contributed by atoms with Gasteiger partial charge < -0.3 is 10.0 Å². The van der Waals surface area contributed by atoms with Gasteiger partial charge >= 0.3 is 5.97 Å². The van der Waals surface area contributed by atoms with E-state index in [4.69, 9.17) is 0 Å². The minimum absolute atomic E-state index is 0.0213. The summed E-state index contributed by atoms with van der Waals surface area (Å²) in [5, 5.41) is 9.21. The second-order valence-electron chi connectivity index (χ2n) is 6.45. The van der Waals surface area contributed by atoms with Gasteiger partial charge in [-0.05, 0) is 50.7 Å². The molecule has 4 nitrogen and oxygen atoms in total. The average molecular weight is 321 g/mol. The minimum atomic E-state index is -0.791. The Morgan fingerprint density at radius 2 is 1.95 bits per heavy atom. The Hall–Kier alpha value is -1.36. The number of hydrogen-bond donors (Lipinski definition) is 1. The van der Waals surface area contributed by atoms with Crippen LogP contribution >= 0.6 is 11.3 Å². The van der Waals surface area contributed by atoms with Crippen molar-refractivity contribution in [3.63, 3.8) is 0 Å². The van der Waals surface area contributed by atoms with Crippen LogP contribution in [-0.2, 0) is 17.6 Å². The molecule has 2 unspecified atom stereocenters. The Labute approximate surface area is 135 Å². The number of aliphatic carboxylic acids is 1. The van der Waals surface area contributed by atoms with E-state index in [-0.39, 0.29) is 11.9 Å². The summed E-state index contributed by atoms with van der Waals surface area (Å²) in [5.74, 6) is -1.20. The predicted molar refractivity (Wildman–Crippen MR) is 86.4 cm³/mol. The lowest BCUT2D eigenvalue weighted by Crippen LogP contribution is -2.37. The first kappa shape index (κ1) is 15.5. The lowest BCUT2D eigenvalue weighted by atomic mass is 9.99. The van der Waals surface area contributed by atoms with Crippen LogP contribution in [-0.4, -0.2) is 34.5 Å². The predicted octanol–water partition coefficient (Wildman–Crippen LogP) is 3.34. The fourth-order valence-electron chi connectivity index (χ4n) is 3.65. The number of fused-ring (bicyclic) bond motifs is 1. The molecular weight excluding hydrogens is 298 g/mol. The summed E-state index contributed by atoms with van der Waals surface area (Å²) < 4.78 is 0. The number of rotatable bonds is 2. The zero-order chi connectivity index (χ0) is 15.7. The fraction of sp³-hybridized carbons (Fsp3) is 0.647. The van der Waals surface area contributed by atoms with E-state index in [9.17, 15) is 14.7 Å². The molecule has 2 atom stereocenters. The summed E-state index contributed by atoms with van der Waals surface area (Å²) >= 11 is 1.63. The molecule has 1 aliphatic heterocycles. The van der Waals surface area contributed by atoms with Crippen LogP contribution in [0.3, 0.4) is 0 Å². The topological polar surface area (TPSA) is 57.6 Å². The molecule has 1 fully saturated rings. The maximum absolute atomic E-state index is 12.8. The van der Waals surface area contributed by atoms with Crippen LogP contribution in [0.5, 0.6) is 0 Å². The molecule has 22 heavy (non-hydrogen) atoms. The summed E-state index contributed by atoms with van der Waals surface area (Å²) in [6.07, 6.45) is 7.70. The molecule has 1 aromatic heterocycles. The standard InChI is InChI=1S/C17H23NO3S/c1-11-13(17(20)21)8-9-18(11)16(19)15-10-12-6-4-2-3-5-7-14(12)22-15/h10-11,13H,2-9H2,1H3,(H,20,21). The van der Waals surface area contributed by atoms with Crippen LogP contribution < -0.4 is 0 Å². The number of nitrogens with zero attached hydrogens (tertiary/aromatic N) is 1. The van der Waals surface area contributed by atoms with Gasteiger partial charge in [-0.1, -0.05) is 12.8 Å². The van der Waals surface area contributed by atoms with Crippen molar-refractivity contribution in [2.24, 2.45) is 5.92 Å². The third kappa shape index (κ3) is 2.91. The highest BCUT2D eigenvalue weighted by Gasteiger charge is 2.38. The first-order chi connectivity index (χ1) is 10.6. The molecule has 0 bridgehead atoms. The normalized spacial score (nSPS) is 25.4. The van der Waals surface area contributed by atoms with Crippen molar-refractivity contribution in [3.8, 4) is 0 Å². The lowest BCUT2D eigenvalue weighted by Gasteiger charge is -2.22. The zero-order valence-electron chi connectivity index (χ0n) is 13.0. The first-order valence-corrected chi connectivity index (χ1v) is 9.05. The Balaban J connectivity index is 1.78. The zero-order valence-corrected chi connectivity index (χ0v) is 13.8. The maximum Gasteiger partial charge on any atom is 0.308 e. The SMILES string of the molecule is CC1C(C(=O)O)CCN1C(=O)c1cc2c(s1)CCCCCC2. The van der Waals surface area contributed by atoms with Gasteiger partial charge in [0.2, 0.25) is 0 Å². The van der Waals surface area contributed by atoms with Crippen LogP contribution in [0, 0.1) is 5.92 Å². The van der Waals surface area contributed by atoms with E-state index in [0.29, 0.717) is 13.0 Å². The maximum atomic E-state index is 12.8. The van der Waals surface area contributed by atoms with E-state index < -0.39 is 11.9 Å². The number of likely N-dealkylation sites (tertiary alicyclic amines) is 1. The van der Waals surface area contributed by atoms with Crippen molar-refractivity contribution in [3.05, 3.63) is 21.4 Å². The van der Waals surface area contributed by atoms with Gasteiger partial charge in [0.25, 0.3) is 5.91 Å². The monoisotopic (exact) mass is 321 g/mol. The fourth-order valence-corrected chi connectivity index (χ4v) is 4.86. The van der Waals surface area contributed by atoms with E-state index in [0.717, 1.165) is 17.7 Å². The molecule has 1 aromatic rings. The smallest absolute Gasteiger partial charge is 0.308 e. The number of carboxylic acids is 1. The summed E-state index contributed by atoms with van der Waals surface area (Å²) in [6.45, 7) is 2.41. The summed E-state index contributed by atoms with van der Waals surface area (Å²) in [6, 6.07) is 1.85. The van der Waals surface area contributed by atoms with Gasteiger partial charge in [-0.25, -0.2) is 0 Å². The summed E-state index contributed by atoms with van der Waals surface area (Å²) in [7, 11) is 0. The number of thiophene rings is 1. The molecule has 2 aliphatic rings. The molecule has 0 spiro atoms. The van der Waals surface area contributed by atoms with E-state index >= 15 is 0 Å². The molecular formula is C17H23NO3S. The van der Waals surface area contributed by atoms with Crippen LogP contribution in [0.15, 0.2) is 6.07 Å². The van der Waals surface area contributed by atoms with E-state index in [2.05, 4.69) is 6.07 Å². The quantitative estimate of drug-likeness (QED) is 0.909. The average Bonchev–Trinajstić information content (AvgIpc) is 3.02. The second-order valence-corrected chi connectivity index (χ2v) is 7.58. The number of carbonyl (C=O) groups excluding carboxylic acids is 1. The largest absolute Gasteiger partial charge is 0.481 e. The van der Waals surface area contributed by atoms with Gasteiger partial charge in [-0.15, -0.1) is 11.3 Å². The molecule has 2 heterocycles.